The van der Waals surface area contributed by atoms with Crippen molar-refractivity contribution in [2.75, 3.05) is 0 Å². The number of para-hydroxylation sites is 1. The van der Waals surface area contributed by atoms with Gasteiger partial charge in [-0.05, 0) is 35.7 Å². The fourth-order valence-corrected chi connectivity index (χ4v) is 2.94. The van der Waals surface area contributed by atoms with Gasteiger partial charge >= 0.3 is 0 Å². The van der Waals surface area contributed by atoms with Gasteiger partial charge in [-0.25, -0.2) is 5.43 Å². The highest BCUT2D eigenvalue weighted by molar-refractivity contribution is 5.89. The van der Waals surface area contributed by atoms with Gasteiger partial charge < -0.3 is 10.7 Å². The summed E-state index contributed by atoms with van der Waals surface area (Å²) in [4.78, 5) is 23.9. The molecule has 0 radical (unpaired) electrons. The molecule has 0 aliphatic rings. The van der Waals surface area contributed by atoms with Gasteiger partial charge in [0.1, 0.15) is 0 Å². The number of nitrogens with one attached hydrogen (secondary N) is 2. The van der Waals surface area contributed by atoms with Crippen LogP contribution in [-0.4, -0.2) is 33.1 Å². The molecule has 0 fully saturated rings. The van der Waals surface area contributed by atoms with E-state index in [1.54, 1.807) is 18.6 Å². The molecule has 8 heteroatoms. The van der Waals surface area contributed by atoms with E-state index in [2.05, 4.69) is 25.5 Å². The quantitative estimate of drug-likeness (QED) is 0.357. The van der Waals surface area contributed by atoms with Gasteiger partial charge in [0.15, 0.2) is 0 Å². The molecule has 0 aliphatic carbocycles. The van der Waals surface area contributed by atoms with E-state index in [1.807, 2.05) is 48.7 Å². The van der Waals surface area contributed by atoms with Crippen molar-refractivity contribution < 1.29 is 4.79 Å². The molecule has 0 bridgehead atoms. The van der Waals surface area contributed by atoms with Crippen LogP contribution in [0.4, 0.5) is 0 Å². The number of amides is 1. The Morgan fingerprint density at radius 2 is 1.96 bits per heavy atom. The van der Waals surface area contributed by atoms with Crippen molar-refractivity contribution in [1.82, 2.24) is 20.4 Å². The van der Waals surface area contributed by atoms with Gasteiger partial charge in [-0.2, -0.15) is 5.10 Å². The minimum Gasteiger partial charge on any atom is -0.361 e. The molecule has 28 heavy (non-hydrogen) atoms. The van der Waals surface area contributed by atoms with Crippen LogP contribution in [0.1, 0.15) is 11.1 Å². The number of benzene rings is 2. The Hall–Kier alpha value is -3.29. The van der Waals surface area contributed by atoms with Crippen LogP contribution in [0, 0.1) is 0 Å². The summed E-state index contributed by atoms with van der Waals surface area (Å²) in [6, 6.07) is 12.8. The Morgan fingerprint density at radius 3 is 2.82 bits per heavy atom. The lowest BCUT2D eigenvalue weighted by Gasteiger charge is -2.09. The first-order valence-electron chi connectivity index (χ1n) is 8.55. The minimum absolute atomic E-state index is 0. The number of aromatic nitrogens is 3. The zero-order chi connectivity index (χ0) is 18.6. The van der Waals surface area contributed by atoms with E-state index in [9.17, 15) is 4.79 Å². The van der Waals surface area contributed by atoms with E-state index >= 15 is 0 Å². The number of nitrogens with zero attached hydrogens (tertiary/aromatic N) is 3. The van der Waals surface area contributed by atoms with E-state index in [0.717, 1.165) is 33.1 Å². The number of halogens is 1. The number of nitrogens with two attached hydrogens (primary N) is 1. The lowest BCUT2D eigenvalue weighted by molar-refractivity contribution is -0.122. The molecule has 2 aromatic carbocycles. The van der Waals surface area contributed by atoms with Crippen molar-refractivity contribution in [3.63, 3.8) is 0 Å². The second-order valence-electron chi connectivity index (χ2n) is 6.21. The summed E-state index contributed by atoms with van der Waals surface area (Å²) < 4.78 is 0. The molecule has 7 nitrogen and oxygen atoms in total. The SMILES string of the molecule is Cl.NC(Cc1c[nH]c2ccccc12)C(=O)N/N=C/c1ccc2nccnc2c1. The molecule has 0 saturated carbocycles. The zero-order valence-corrected chi connectivity index (χ0v) is 15.7. The molecule has 1 atom stereocenters. The number of fused-ring (bicyclic) bond motifs is 2. The third-order valence-electron chi connectivity index (χ3n) is 4.33. The van der Waals surface area contributed by atoms with Crippen LogP contribution in [0.2, 0.25) is 0 Å². The Morgan fingerprint density at radius 1 is 1.18 bits per heavy atom. The maximum Gasteiger partial charge on any atom is 0.257 e. The van der Waals surface area contributed by atoms with Crippen LogP contribution in [-0.2, 0) is 11.2 Å². The largest absolute Gasteiger partial charge is 0.361 e. The number of carbonyl (C=O) groups excluding carboxylic acids is 1. The van der Waals surface area contributed by atoms with Crippen molar-refractivity contribution in [3.8, 4) is 0 Å². The van der Waals surface area contributed by atoms with Crippen LogP contribution < -0.4 is 11.2 Å². The highest BCUT2D eigenvalue weighted by atomic mass is 35.5. The Labute approximate surface area is 167 Å². The molecule has 1 unspecified atom stereocenters. The zero-order valence-electron chi connectivity index (χ0n) is 14.9. The maximum absolute atomic E-state index is 12.2. The Kier molecular flexibility index (Phi) is 5.98. The third-order valence-corrected chi connectivity index (χ3v) is 4.33. The predicted octanol–water partition coefficient (Wildman–Crippen LogP) is 2.55. The monoisotopic (exact) mass is 394 g/mol. The number of carbonyl (C=O) groups is 1. The average Bonchev–Trinajstić information content (AvgIpc) is 3.11. The van der Waals surface area contributed by atoms with Crippen LogP contribution >= 0.6 is 12.4 Å². The van der Waals surface area contributed by atoms with E-state index in [-0.39, 0.29) is 18.3 Å². The number of rotatable bonds is 5. The Bertz CT molecular complexity index is 1140. The summed E-state index contributed by atoms with van der Waals surface area (Å²) in [6.07, 6.45) is 7.15. The van der Waals surface area contributed by atoms with Gasteiger partial charge in [0.25, 0.3) is 5.91 Å². The van der Waals surface area contributed by atoms with Crippen LogP contribution in [0.15, 0.2) is 66.2 Å². The smallest absolute Gasteiger partial charge is 0.257 e. The standard InChI is InChI=1S/C20H18N6O.ClH/c21-16(10-14-12-24-17-4-2-1-3-15(14)17)20(27)26-25-11-13-5-6-18-19(9-13)23-8-7-22-18;/h1-9,11-12,16,24H,10,21H2,(H,26,27);1H/b25-11+;. The highest BCUT2D eigenvalue weighted by Gasteiger charge is 2.15. The first-order chi connectivity index (χ1) is 13.2. The summed E-state index contributed by atoms with van der Waals surface area (Å²) in [5, 5.41) is 5.07. The van der Waals surface area contributed by atoms with Crippen molar-refractivity contribution in [1.29, 1.82) is 0 Å². The van der Waals surface area contributed by atoms with Crippen molar-refractivity contribution >= 4 is 46.5 Å². The predicted molar refractivity (Wildman–Crippen MR) is 113 cm³/mol. The van der Waals surface area contributed by atoms with E-state index in [0.29, 0.717) is 6.42 Å². The number of H-pyrrole nitrogens is 1. The first-order valence-corrected chi connectivity index (χ1v) is 8.55. The lowest BCUT2D eigenvalue weighted by atomic mass is 10.1. The molecule has 0 spiro atoms. The summed E-state index contributed by atoms with van der Waals surface area (Å²) in [5.74, 6) is -0.336. The summed E-state index contributed by atoms with van der Waals surface area (Å²) >= 11 is 0. The van der Waals surface area contributed by atoms with E-state index in [4.69, 9.17) is 5.73 Å². The maximum atomic E-state index is 12.2. The van der Waals surface area contributed by atoms with Gasteiger partial charge in [-0.15, -0.1) is 12.4 Å². The second kappa shape index (κ2) is 8.60. The molecule has 2 aromatic heterocycles. The van der Waals surface area contributed by atoms with Crippen LogP contribution in [0.5, 0.6) is 0 Å². The molecular weight excluding hydrogens is 376 g/mol. The normalized spacial score (nSPS) is 12.2. The topological polar surface area (TPSA) is 109 Å². The molecule has 4 N–H and O–H groups in total. The second-order valence-corrected chi connectivity index (χ2v) is 6.21. The molecule has 4 rings (SSSR count). The minimum atomic E-state index is -0.691. The fraction of sp³-hybridized carbons (Fsp3) is 0.100. The van der Waals surface area contributed by atoms with Crippen molar-refractivity contribution in [2.45, 2.75) is 12.5 Å². The van der Waals surface area contributed by atoms with Crippen LogP contribution in [0.25, 0.3) is 21.9 Å². The summed E-state index contributed by atoms with van der Waals surface area (Å²) in [6.45, 7) is 0. The van der Waals surface area contributed by atoms with Gasteiger partial charge in [0.05, 0.1) is 23.3 Å². The van der Waals surface area contributed by atoms with Gasteiger partial charge in [0.2, 0.25) is 0 Å². The fourth-order valence-electron chi connectivity index (χ4n) is 2.94. The molecule has 2 heterocycles. The number of hydrogen-bond acceptors (Lipinski definition) is 5. The summed E-state index contributed by atoms with van der Waals surface area (Å²) in [5.41, 5.74) is 13.0. The van der Waals surface area contributed by atoms with Crippen LogP contribution in [0.3, 0.4) is 0 Å². The number of aromatic amines is 1. The molecule has 0 saturated heterocycles. The van der Waals surface area contributed by atoms with Gasteiger partial charge in [-0.3, -0.25) is 14.8 Å². The number of hydrogen-bond donors (Lipinski definition) is 3. The average molecular weight is 395 g/mol. The van der Waals surface area contributed by atoms with Crippen molar-refractivity contribution in [2.24, 2.45) is 10.8 Å². The molecule has 1 amide bonds. The molecular formula is C20H19ClN6O. The Balaban J connectivity index is 0.00000225. The van der Waals surface area contributed by atoms with Gasteiger partial charge in [0, 0.05) is 29.5 Å². The molecule has 142 valence electrons. The number of hydrazone groups is 1. The third kappa shape index (κ3) is 4.16. The molecule has 0 aliphatic heterocycles. The lowest BCUT2D eigenvalue weighted by Crippen LogP contribution is -2.39. The van der Waals surface area contributed by atoms with E-state index in [1.165, 1.54) is 0 Å². The molecule has 4 aromatic rings. The van der Waals surface area contributed by atoms with Crippen molar-refractivity contribution in [3.05, 3.63) is 72.2 Å². The summed E-state index contributed by atoms with van der Waals surface area (Å²) in [7, 11) is 0. The van der Waals surface area contributed by atoms with Gasteiger partial charge in [-0.1, -0.05) is 24.3 Å². The van der Waals surface area contributed by atoms with E-state index < -0.39 is 6.04 Å². The highest BCUT2D eigenvalue weighted by Crippen LogP contribution is 2.18. The first kappa shape index (κ1) is 19.5.